The number of aromatic nitrogens is 3. The number of pyridine rings is 1. The smallest absolute Gasteiger partial charge is 0.233 e. The number of amides is 1. The molecule has 2 heterocycles. The second-order valence-electron chi connectivity index (χ2n) is 10.1. The maximum absolute atomic E-state index is 13.0. The molecular weight excluding hydrogens is 484 g/mol. The van der Waals surface area contributed by atoms with Gasteiger partial charge in [0, 0.05) is 12.7 Å². The average molecular weight is 537 g/mol. The van der Waals surface area contributed by atoms with Crippen molar-refractivity contribution >= 4 is 12.0 Å². The number of carbonyl (C=O) groups is 1. The molecule has 1 amide bonds. The fourth-order valence-corrected chi connectivity index (χ4v) is 4.72. The summed E-state index contributed by atoms with van der Waals surface area (Å²) in [6.07, 6.45) is 16.7. The number of fused-ring (bicyclic) bond motifs is 2. The van der Waals surface area contributed by atoms with E-state index in [1.54, 1.807) is 0 Å². The second-order valence-corrected chi connectivity index (χ2v) is 10.1. The van der Waals surface area contributed by atoms with Gasteiger partial charge in [-0.15, -0.1) is 0 Å². The third-order valence-electron chi connectivity index (χ3n) is 7.22. The summed E-state index contributed by atoms with van der Waals surface area (Å²) < 4.78 is 0. The zero-order chi connectivity index (χ0) is 28.6. The van der Waals surface area contributed by atoms with Crippen molar-refractivity contribution in [1.82, 2.24) is 30.1 Å². The van der Waals surface area contributed by atoms with Gasteiger partial charge in [0.15, 0.2) is 0 Å². The van der Waals surface area contributed by atoms with Gasteiger partial charge >= 0.3 is 0 Å². The summed E-state index contributed by atoms with van der Waals surface area (Å²) in [5.74, 6) is 0.541. The van der Waals surface area contributed by atoms with E-state index >= 15 is 0 Å². The Morgan fingerprint density at radius 1 is 1.15 bits per heavy atom. The van der Waals surface area contributed by atoms with Crippen LogP contribution >= 0.6 is 0 Å². The Bertz CT molecular complexity index is 1040. The number of unbranched alkanes of at least 4 members (excludes halogenated alkanes) is 1. The number of imidazole rings is 1. The number of hydrogen-bond acceptors (Lipinski definition) is 5. The molecular formula is C32H52N6O. The van der Waals surface area contributed by atoms with Gasteiger partial charge in [-0.05, 0) is 70.6 Å². The molecule has 0 aromatic carbocycles. The monoisotopic (exact) mass is 536 g/mol. The zero-order valence-corrected chi connectivity index (χ0v) is 25.5. The summed E-state index contributed by atoms with van der Waals surface area (Å²) >= 11 is 0. The topological polar surface area (TPSA) is 77.2 Å². The molecule has 4 rings (SSSR count). The predicted octanol–water partition coefficient (Wildman–Crippen LogP) is 6.27. The average Bonchev–Trinajstić information content (AvgIpc) is 3.26. The van der Waals surface area contributed by atoms with Gasteiger partial charge in [0.05, 0.1) is 35.6 Å². The molecule has 39 heavy (non-hydrogen) atoms. The number of hydrogen-bond donors (Lipinski definition) is 2. The van der Waals surface area contributed by atoms with Crippen LogP contribution in [0.5, 0.6) is 0 Å². The van der Waals surface area contributed by atoms with E-state index in [0.29, 0.717) is 13.1 Å². The van der Waals surface area contributed by atoms with Crippen molar-refractivity contribution < 1.29 is 4.79 Å². The highest BCUT2D eigenvalue weighted by Crippen LogP contribution is 2.33. The molecule has 2 unspecified atom stereocenters. The van der Waals surface area contributed by atoms with Crippen molar-refractivity contribution in [2.45, 2.75) is 91.6 Å². The summed E-state index contributed by atoms with van der Waals surface area (Å²) in [5.41, 5.74) is 4.25. The maximum atomic E-state index is 13.0. The SMILES string of the molecule is CC.CCCC.CCN(C)CCCNC(=O)C1C=CC=Cc2nc(CN(C)C3CCCc4cccnc43)[nH]c21. The first-order chi connectivity index (χ1) is 19.0. The van der Waals surface area contributed by atoms with Crippen molar-refractivity contribution in [3.63, 3.8) is 0 Å². The van der Waals surface area contributed by atoms with Gasteiger partial charge in [0.2, 0.25) is 5.91 Å². The van der Waals surface area contributed by atoms with Gasteiger partial charge in [-0.1, -0.05) is 71.8 Å². The van der Waals surface area contributed by atoms with E-state index in [1.165, 1.54) is 30.5 Å². The minimum atomic E-state index is -0.359. The van der Waals surface area contributed by atoms with Gasteiger partial charge in [-0.3, -0.25) is 14.7 Å². The van der Waals surface area contributed by atoms with Crippen LogP contribution in [0.3, 0.4) is 0 Å². The maximum Gasteiger partial charge on any atom is 0.233 e. The molecule has 0 aliphatic heterocycles. The van der Waals surface area contributed by atoms with Gasteiger partial charge < -0.3 is 15.2 Å². The van der Waals surface area contributed by atoms with Gasteiger partial charge in [-0.25, -0.2) is 4.98 Å². The van der Waals surface area contributed by atoms with E-state index in [0.717, 1.165) is 49.6 Å². The lowest BCUT2D eigenvalue weighted by Gasteiger charge is -2.31. The van der Waals surface area contributed by atoms with Crippen molar-refractivity contribution in [2.24, 2.45) is 0 Å². The lowest BCUT2D eigenvalue weighted by Crippen LogP contribution is -2.32. The highest BCUT2D eigenvalue weighted by molar-refractivity contribution is 5.86. The van der Waals surface area contributed by atoms with Gasteiger partial charge in [0.1, 0.15) is 5.82 Å². The van der Waals surface area contributed by atoms with Crippen molar-refractivity contribution in [3.05, 3.63) is 65.0 Å². The number of rotatable bonds is 10. The first kappa shape index (κ1) is 32.4. The fraction of sp³-hybridized carbons (Fsp3) is 0.594. The third kappa shape index (κ3) is 9.73. The summed E-state index contributed by atoms with van der Waals surface area (Å²) in [4.78, 5) is 30.5. The molecule has 2 aromatic heterocycles. The second kappa shape index (κ2) is 17.7. The Labute approximate surface area is 237 Å². The summed E-state index contributed by atoms with van der Waals surface area (Å²) in [6.45, 7) is 13.9. The minimum absolute atomic E-state index is 0.0179. The standard InChI is InChI=1S/C26H36N6O.C4H10.C2H6/c1-4-31(2)17-9-16-28-26(33)20-12-5-6-13-21-25(20)30-23(29-21)18-32(3)22-14-7-10-19-11-8-15-27-24(19)22;1-3-4-2;1-2/h5-6,8,11-13,15,20,22H,4,7,9-10,14,16-18H2,1-3H3,(H,28,33)(H,29,30);3-4H2,1-2H3;1-2H3. The van der Waals surface area contributed by atoms with Crippen LogP contribution in [0.15, 0.2) is 36.6 Å². The van der Waals surface area contributed by atoms with Crippen LogP contribution in [0.4, 0.5) is 0 Å². The Morgan fingerprint density at radius 2 is 1.92 bits per heavy atom. The molecule has 0 saturated heterocycles. The number of H-pyrrole nitrogens is 1. The first-order valence-electron chi connectivity index (χ1n) is 15.0. The lowest BCUT2D eigenvalue weighted by atomic mass is 9.91. The molecule has 2 N–H and O–H groups in total. The van der Waals surface area contributed by atoms with Crippen LogP contribution in [-0.2, 0) is 17.8 Å². The van der Waals surface area contributed by atoms with Crippen molar-refractivity contribution in [3.8, 4) is 0 Å². The van der Waals surface area contributed by atoms with Crippen LogP contribution in [0, 0.1) is 0 Å². The van der Waals surface area contributed by atoms with Crippen LogP contribution in [-0.4, -0.2) is 64.4 Å². The normalized spacial score (nSPS) is 17.4. The Balaban J connectivity index is 0.000000815. The van der Waals surface area contributed by atoms with Crippen LogP contribution < -0.4 is 5.32 Å². The quantitative estimate of drug-likeness (QED) is 0.350. The molecule has 0 spiro atoms. The molecule has 2 aliphatic carbocycles. The molecule has 0 saturated carbocycles. The summed E-state index contributed by atoms with van der Waals surface area (Å²) in [7, 11) is 4.23. The van der Waals surface area contributed by atoms with Gasteiger partial charge in [0.25, 0.3) is 0 Å². The summed E-state index contributed by atoms with van der Waals surface area (Å²) in [6, 6.07) is 4.51. The van der Waals surface area contributed by atoms with Gasteiger partial charge in [-0.2, -0.15) is 0 Å². The van der Waals surface area contributed by atoms with Crippen LogP contribution in [0.1, 0.15) is 107 Å². The zero-order valence-electron chi connectivity index (χ0n) is 25.5. The van der Waals surface area contributed by atoms with Crippen LogP contribution in [0.25, 0.3) is 6.08 Å². The fourth-order valence-electron chi connectivity index (χ4n) is 4.72. The molecule has 216 valence electrons. The number of carbonyl (C=O) groups excluding carboxylic acids is 1. The highest BCUT2D eigenvalue weighted by atomic mass is 16.1. The first-order valence-corrected chi connectivity index (χ1v) is 15.0. The Hall–Kier alpha value is -2.77. The van der Waals surface area contributed by atoms with Crippen molar-refractivity contribution in [1.29, 1.82) is 0 Å². The molecule has 0 radical (unpaired) electrons. The van der Waals surface area contributed by atoms with Crippen molar-refractivity contribution in [2.75, 3.05) is 33.7 Å². The molecule has 0 bridgehead atoms. The number of nitrogens with zero attached hydrogens (tertiary/aromatic N) is 4. The van der Waals surface area contributed by atoms with E-state index in [4.69, 9.17) is 4.98 Å². The predicted molar refractivity (Wildman–Crippen MR) is 164 cm³/mol. The molecule has 2 aromatic rings. The molecule has 2 aliphatic rings. The van der Waals surface area contributed by atoms with E-state index in [1.807, 2.05) is 50.4 Å². The highest BCUT2D eigenvalue weighted by Gasteiger charge is 2.28. The Kier molecular flexibility index (Phi) is 14.8. The van der Waals surface area contributed by atoms with Crippen LogP contribution in [0.2, 0.25) is 0 Å². The number of nitrogens with one attached hydrogen (secondary N) is 2. The molecule has 7 nitrogen and oxygen atoms in total. The number of aromatic amines is 1. The number of aryl methyl sites for hydroxylation is 1. The lowest BCUT2D eigenvalue weighted by molar-refractivity contribution is -0.121. The third-order valence-corrected chi connectivity index (χ3v) is 7.22. The van der Waals surface area contributed by atoms with E-state index in [2.05, 4.69) is 66.0 Å². The largest absolute Gasteiger partial charge is 0.355 e. The van der Waals surface area contributed by atoms with E-state index < -0.39 is 0 Å². The molecule has 0 fully saturated rings. The Morgan fingerprint density at radius 3 is 2.64 bits per heavy atom. The van der Waals surface area contributed by atoms with E-state index in [9.17, 15) is 4.79 Å². The number of allylic oxidation sites excluding steroid dienone is 2. The molecule has 7 heteroatoms. The minimum Gasteiger partial charge on any atom is -0.355 e. The summed E-state index contributed by atoms with van der Waals surface area (Å²) in [5, 5.41) is 3.10. The van der Waals surface area contributed by atoms with E-state index in [-0.39, 0.29) is 17.9 Å². The molecule has 2 atom stereocenters.